The number of oxime groups is 1. The second-order valence-electron chi connectivity index (χ2n) is 3.82. The van der Waals surface area contributed by atoms with Crippen LogP contribution in [0, 0.1) is 5.82 Å². The lowest BCUT2D eigenvalue weighted by Gasteiger charge is -2.10. The van der Waals surface area contributed by atoms with Gasteiger partial charge in [-0.3, -0.25) is 0 Å². The maximum atomic E-state index is 13.2. The van der Waals surface area contributed by atoms with E-state index in [2.05, 4.69) is 21.1 Å². The normalized spacial score (nSPS) is 11.6. The van der Waals surface area contributed by atoms with Gasteiger partial charge >= 0.3 is 0 Å². The van der Waals surface area contributed by atoms with Crippen molar-refractivity contribution < 1.29 is 14.3 Å². The van der Waals surface area contributed by atoms with Crippen LogP contribution in [-0.4, -0.2) is 10.9 Å². The minimum Gasteiger partial charge on any atom is -0.487 e. The van der Waals surface area contributed by atoms with Crippen molar-refractivity contribution in [1.82, 2.24) is 0 Å². The summed E-state index contributed by atoms with van der Waals surface area (Å²) < 4.78 is 19.9. The van der Waals surface area contributed by atoms with Crippen molar-refractivity contribution in [3.8, 4) is 5.75 Å². The fourth-order valence-electron chi connectivity index (χ4n) is 1.54. The van der Waals surface area contributed by atoms with Gasteiger partial charge in [0.25, 0.3) is 0 Å². The first-order valence-electron chi connectivity index (χ1n) is 5.45. The molecule has 6 heteroatoms. The van der Waals surface area contributed by atoms with E-state index in [0.29, 0.717) is 23.6 Å². The number of hydrogen-bond donors (Lipinski definition) is 1. The summed E-state index contributed by atoms with van der Waals surface area (Å²) in [6.07, 6.45) is 0. The van der Waals surface area contributed by atoms with E-state index in [9.17, 15) is 4.39 Å². The molecule has 1 N–H and O–H groups in total. The lowest BCUT2D eigenvalue weighted by atomic mass is 10.1. The summed E-state index contributed by atoms with van der Waals surface area (Å²) in [7, 11) is 0. The molecule has 0 spiro atoms. The first kappa shape index (κ1) is 14.0. The fraction of sp³-hybridized carbons (Fsp3) is 0.154. The molecule has 0 radical (unpaired) electrons. The molecule has 0 amide bonds. The molecular weight excluding hydrogens is 333 g/mol. The third kappa shape index (κ3) is 3.54. The third-order valence-electron chi connectivity index (χ3n) is 2.48. The van der Waals surface area contributed by atoms with Crippen LogP contribution in [0.2, 0.25) is 0 Å². The highest BCUT2D eigenvalue weighted by molar-refractivity contribution is 9.11. The smallest absolute Gasteiger partial charge is 0.129 e. The molecule has 19 heavy (non-hydrogen) atoms. The Hall–Kier alpha value is -1.40. The summed E-state index contributed by atoms with van der Waals surface area (Å²) in [4.78, 5) is 1.04. The summed E-state index contributed by atoms with van der Waals surface area (Å²) in [5.41, 5.74) is 0.750. The molecule has 1 aromatic carbocycles. The highest BCUT2D eigenvalue weighted by atomic mass is 79.9. The summed E-state index contributed by atoms with van der Waals surface area (Å²) in [5.74, 6) is 0.0884. The number of halogens is 2. The van der Waals surface area contributed by atoms with Gasteiger partial charge < -0.3 is 9.94 Å². The Morgan fingerprint density at radius 1 is 1.42 bits per heavy atom. The number of hydrogen-bond acceptors (Lipinski definition) is 4. The van der Waals surface area contributed by atoms with Crippen molar-refractivity contribution in [2.75, 3.05) is 0 Å². The van der Waals surface area contributed by atoms with Gasteiger partial charge in [-0.2, -0.15) is 0 Å². The Morgan fingerprint density at radius 3 is 2.84 bits per heavy atom. The molecular formula is C13H11BrFNO2S. The van der Waals surface area contributed by atoms with Crippen molar-refractivity contribution in [2.24, 2.45) is 5.16 Å². The molecule has 0 fully saturated rings. The molecule has 2 rings (SSSR count). The minimum absolute atomic E-state index is 0.307. The van der Waals surface area contributed by atoms with Crippen molar-refractivity contribution in [2.45, 2.75) is 13.5 Å². The lowest BCUT2D eigenvalue weighted by molar-refractivity contribution is 0.306. The van der Waals surface area contributed by atoms with Gasteiger partial charge in [-0.25, -0.2) is 4.39 Å². The summed E-state index contributed by atoms with van der Waals surface area (Å²) in [6.45, 7) is 1.97. The average Bonchev–Trinajstić information content (AvgIpc) is 2.82. The molecule has 1 heterocycles. The zero-order chi connectivity index (χ0) is 13.8. The van der Waals surface area contributed by atoms with E-state index in [-0.39, 0.29) is 0 Å². The van der Waals surface area contributed by atoms with E-state index in [1.807, 2.05) is 12.1 Å². The number of nitrogens with zero attached hydrogens (tertiary/aromatic N) is 1. The van der Waals surface area contributed by atoms with Crippen molar-refractivity contribution in [3.05, 3.63) is 50.4 Å². The van der Waals surface area contributed by atoms with Crippen LogP contribution in [-0.2, 0) is 6.61 Å². The molecule has 0 saturated carbocycles. The summed E-state index contributed by atoms with van der Waals surface area (Å²) >= 11 is 4.95. The Morgan fingerprint density at radius 2 is 2.21 bits per heavy atom. The summed E-state index contributed by atoms with van der Waals surface area (Å²) in [6, 6.07) is 8.02. The first-order valence-corrected chi connectivity index (χ1v) is 7.06. The quantitative estimate of drug-likeness (QED) is 0.507. The molecule has 0 atom stereocenters. The molecule has 0 aliphatic carbocycles. The zero-order valence-electron chi connectivity index (χ0n) is 10.1. The SMILES string of the molecule is CC(=NO)c1cc(F)ccc1OCc1ccc(Br)s1. The van der Waals surface area contributed by atoms with Gasteiger partial charge in [0, 0.05) is 10.4 Å². The molecule has 1 aromatic heterocycles. The molecule has 3 nitrogen and oxygen atoms in total. The molecule has 0 aliphatic heterocycles. The Kier molecular flexibility index (Phi) is 4.55. The topological polar surface area (TPSA) is 41.8 Å². The van der Waals surface area contributed by atoms with Crippen LogP contribution in [0.5, 0.6) is 5.75 Å². The van der Waals surface area contributed by atoms with Crippen LogP contribution >= 0.6 is 27.3 Å². The van der Waals surface area contributed by atoms with Gasteiger partial charge in [0.2, 0.25) is 0 Å². The van der Waals surface area contributed by atoms with Crippen molar-refractivity contribution in [3.63, 3.8) is 0 Å². The van der Waals surface area contributed by atoms with Crippen LogP contribution in [0.3, 0.4) is 0 Å². The highest BCUT2D eigenvalue weighted by Crippen LogP contribution is 2.25. The number of ether oxygens (including phenoxy) is 1. The standard InChI is InChI=1S/C13H11BrFNO2S/c1-8(16-17)11-6-9(15)2-4-12(11)18-7-10-3-5-13(14)19-10/h2-6,17H,7H2,1H3. The van der Waals surface area contributed by atoms with Crippen molar-refractivity contribution >= 4 is 33.0 Å². The lowest BCUT2D eigenvalue weighted by Crippen LogP contribution is -2.02. The predicted octanol–water partition coefficient (Wildman–Crippen LogP) is 4.43. The number of rotatable bonds is 4. The van der Waals surface area contributed by atoms with Crippen LogP contribution in [0.25, 0.3) is 0 Å². The maximum Gasteiger partial charge on any atom is 0.129 e. The largest absolute Gasteiger partial charge is 0.487 e. The fourth-order valence-corrected chi connectivity index (χ4v) is 2.94. The maximum absolute atomic E-state index is 13.2. The monoisotopic (exact) mass is 343 g/mol. The van der Waals surface area contributed by atoms with E-state index < -0.39 is 5.82 Å². The van der Waals surface area contributed by atoms with Crippen LogP contribution in [0.1, 0.15) is 17.4 Å². The molecule has 2 aromatic rings. The first-order chi connectivity index (χ1) is 9.10. The van der Waals surface area contributed by atoms with E-state index >= 15 is 0 Å². The van der Waals surface area contributed by atoms with Crippen LogP contribution in [0.4, 0.5) is 4.39 Å². The van der Waals surface area contributed by atoms with E-state index in [4.69, 9.17) is 9.94 Å². The van der Waals surface area contributed by atoms with E-state index in [1.165, 1.54) is 18.2 Å². The van der Waals surface area contributed by atoms with Gasteiger partial charge in [-0.05, 0) is 53.2 Å². The number of benzene rings is 1. The Bertz CT molecular complexity index is 612. The van der Waals surface area contributed by atoms with Crippen molar-refractivity contribution in [1.29, 1.82) is 0 Å². The van der Waals surface area contributed by atoms with Gasteiger partial charge in [0.1, 0.15) is 18.2 Å². The molecule has 0 saturated heterocycles. The van der Waals surface area contributed by atoms with Gasteiger partial charge in [0.15, 0.2) is 0 Å². The Labute approximate surface area is 122 Å². The Balaban J connectivity index is 2.20. The minimum atomic E-state index is -0.399. The van der Waals surface area contributed by atoms with Gasteiger partial charge in [-0.15, -0.1) is 11.3 Å². The molecule has 0 aliphatic rings. The molecule has 0 unspecified atom stereocenters. The van der Waals surface area contributed by atoms with Crippen LogP contribution < -0.4 is 4.74 Å². The third-order valence-corrected chi connectivity index (χ3v) is 4.08. The average molecular weight is 344 g/mol. The second-order valence-corrected chi connectivity index (χ2v) is 6.37. The molecule has 100 valence electrons. The van der Waals surface area contributed by atoms with E-state index in [0.717, 1.165) is 8.66 Å². The van der Waals surface area contributed by atoms with Crippen LogP contribution in [0.15, 0.2) is 39.3 Å². The van der Waals surface area contributed by atoms with Gasteiger partial charge in [0.05, 0.1) is 9.50 Å². The highest BCUT2D eigenvalue weighted by Gasteiger charge is 2.10. The predicted molar refractivity (Wildman–Crippen MR) is 76.7 cm³/mol. The van der Waals surface area contributed by atoms with E-state index in [1.54, 1.807) is 18.3 Å². The second kappa shape index (κ2) is 6.16. The summed E-state index contributed by atoms with van der Waals surface area (Å²) in [5, 5.41) is 11.9. The van der Waals surface area contributed by atoms with Gasteiger partial charge in [-0.1, -0.05) is 5.16 Å². The number of thiophene rings is 1. The molecule has 0 bridgehead atoms. The zero-order valence-corrected chi connectivity index (χ0v) is 12.5.